The number of rotatable bonds is 7. The number of aromatic nitrogens is 1. The fourth-order valence-corrected chi connectivity index (χ4v) is 7.38. The molecule has 1 aliphatic heterocycles. The van der Waals surface area contributed by atoms with Crippen molar-refractivity contribution in [2.75, 3.05) is 0 Å². The zero-order chi connectivity index (χ0) is 33.9. The van der Waals surface area contributed by atoms with Gasteiger partial charge in [0.25, 0.3) is 0 Å². The Morgan fingerprint density at radius 3 is 1.64 bits per heavy atom. The van der Waals surface area contributed by atoms with E-state index in [1.165, 1.54) is 66.4 Å². The van der Waals surface area contributed by atoms with Gasteiger partial charge >= 0.3 is 0 Å². The molecule has 0 radical (unpaired) electrons. The molecular formula is C48H40N2. The lowest BCUT2D eigenvalue weighted by Gasteiger charge is -2.26. The number of pyridine rings is 1. The third-order valence-corrected chi connectivity index (χ3v) is 10.3. The van der Waals surface area contributed by atoms with Crippen LogP contribution >= 0.6 is 0 Å². The van der Waals surface area contributed by atoms with Gasteiger partial charge in [0, 0.05) is 23.9 Å². The van der Waals surface area contributed by atoms with Crippen LogP contribution in [0.25, 0.3) is 61.7 Å². The second-order valence-corrected chi connectivity index (χ2v) is 13.5. The van der Waals surface area contributed by atoms with Crippen LogP contribution in [0.2, 0.25) is 0 Å². The molecule has 3 atom stereocenters. The fourth-order valence-electron chi connectivity index (χ4n) is 7.38. The maximum absolute atomic E-state index is 5.70. The molecule has 0 fully saturated rings. The quantitative estimate of drug-likeness (QED) is 0.169. The summed E-state index contributed by atoms with van der Waals surface area (Å²) in [6.07, 6.45) is 7.12. The fraction of sp³-hybridized carbons (Fsp3) is 0.125. The minimum Gasteiger partial charge on any atom is -0.280 e. The van der Waals surface area contributed by atoms with E-state index >= 15 is 0 Å². The van der Waals surface area contributed by atoms with Crippen molar-refractivity contribution in [3.05, 3.63) is 186 Å². The van der Waals surface area contributed by atoms with E-state index in [-0.39, 0.29) is 12.0 Å². The van der Waals surface area contributed by atoms with Crippen LogP contribution in [0, 0.1) is 5.92 Å². The molecule has 0 N–H and O–H groups in total. The van der Waals surface area contributed by atoms with E-state index in [2.05, 4.69) is 183 Å². The first-order valence-electron chi connectivity index (χ1n) is 17.6. The molecule has 1 aromatic heterocycles. The standard InChI is InChI=1S/C48H40N2/c1-33-16-17-44-31-45(39-20-18-37(19-21-39)35-10-5-3-6-11-35)32-46(41-24-22-38(23-25-41)36-12-7-4-8-13-36)48(44)50-47(33)34(2)42-14-9-15-43(30-42)40-26-28-49-29-27-40/h3-15,17-34,47H,16H2,1-2H3. The molecule has 2 heterocycles. The number of benzene rings is 6. The van der Waals surface area contributed by atoms with E-state index in [1.54, 1.807) is 0 Å². The van der Waals surface area contributed by atoms with Crippen molar-refractivity contribution < 1.29 is 0 Å². The first-order valence-corrected chi connectivity index (χ1v) is 17.6. The zero-order valence-corrected chi connectivity index (χ0v) is 28.6. The van der Waals surface area contributed by atoms with Crippen molar-refractivity contribution in [2.24, 2.45) is 10.9 Å². The predicted octanol–water partition coefficient (Wildman–Crippen LogP) is 11.0. The molecule has 2 heteroatoms. The van der Waals surface area contributed by atoms with E-state index in [1.807, 2.05) is 12.4 Å². The average Bonchev–Trinajstić information content (AvgIpc) is 3.37. The monoisotopic (exact) mass is 644 g/mol. The van der Waals surface area contributed by atoms with Crippen LogP contribution < -0.4 is 10.6 Å². The third-order valence-electron chi connectivity index (χ3n) is 10.3. The summed E-state index contributed by atoms with van der Waals surface area (Å²) in [6.45, 7) is 4.70. The molecule has 7 aromatic rings. The first-order chi connectivity index (χ1) is 24.6. The topological polar surface area (TPSA) is 25.2 Å². The molecule has 0 spiro atoms. The van der Waals surface area contributed by atoms with Crippen LogP contribution in [-0.2, 0) is 0 Å². The second-order valence-electron chi connectivity index (χ2n) is 13.5. The van der Waals surface area contributed by atoms with E-state index in [0.717, 1.165) is 11.8 Å². The molecule has 2 nitrogen and oxygen atoms in total. The molecule has 0 saturated heterocycles. The highest BCUT2D eigenvalue weighted by Gasteiger charge is 2.26. The van der Waals surface area contributed by atoms with Crippen LogP contribution in [0.1, 0.15) is 31.7 Å². The van der Waals surface area contributed by atoms with Crippen molar-refractivity contribution in [1.29, 1.82) is 0 Å². The Morgan fingerprint density at radius 2 is 1.02 bits per heavy atom. The molecule has 0 bridgehead atoms. The first kappa shape index (κ1) is 31.4. The largest absolute Gasteiger partial charge is 0.280 e. The van der Waals surface area contributed by atoms with Gasteiger partial charge in [-0.2, -0.15) is 0 Å². The molecule has 3 unspecified atom stereocenters. The smallest absolute Gasteiger partial charge is 0.0725 e. The van der Waals surface area contributed by atoms with Crippen molar-refractivity contribution in [2.45, 2.75) is 32.2 Å². The number of nitrogens with zero attached hydrogens (tertiary/aromatic N) is 2. The van der Waals surface area contributed by atoms with Gasteiger partial charge in [-0.1, -0.05) is 153 Å². The summed E-state index contributed by atoms with van der Waals surface area (Å²) >= 11 is 0. The summed E-state index contributed by atoms with van der Waals surface area (Å²) < 4.78 is 0. The SMILES string of the molecule is CC1CC=c2cc(-c3ccc(-c4ccccc4)cc3)cc(-c3ccc(-c4ccccc4)cc3)c2=NC1C(C)c1cccc(-c2ccncc2)c1. The minimum absolute atomic E-state index is 0.124. The summed E-state index contributed by atoms with van der Waals surface area (Å²) in [7, 11) is 0. The lowest BCUT2D eigenvalue weighted by Crippen LogP contribution is -2.30. The molecule has 0 amide bonds. The van der Waals surface area contributed by atoms with Crippen LogP contribution in [0.5, 0.6) is 0 Å². The maximum atomic E-state index is 5.70. The molecule has 0 saturated carbocycles. The van der Waals surface area contributed by atoms with Gasteiger partial charge in [-0.25, -0.2) is 0 Å². The Hall–Kier alpha value is -5.86. The molecule has 8 rings (SSSR count). The predicted molar refractivity (Wildman–Crippen MR) is 209 cm³/mol. The highest BCUT2D eigenvalue weighted by atomic mass is 14.8. The Balaban J connectivity index is 1.24. The molecule has 1 aliphatic rings. The molecule has 0 aliphatic carbocycles. The summed E-state index contributed by atoms with van der Waals surface area (Å²) in [5.41, 5.74) is 13.4. The van der Waals surface area contributed by atoms with Gasteiger partial charge in [0.15, 0.2) is 0 Å². The van der Waals surface area contributed by atoms with Gasteiger partial charge in [-0.05, 0) is 97.5 Å². The number of hydrogen-bond acceptors (Lipinski definition) is 2. The van der Waals surface area contributed by atoms with Crippen molar-refractivity contribution in [1.82, 2.24) is 4.98 Å². The molecular weight excluding hydrogens is 605 g/mol. The molecule has 50 heavy (non-hydrogen) atoms. The Labute approximate surface area is 295 Å². The van der Waals surface area contributed by atoms with E-state index in [0.29, 0.717) is 5.92 Å². The zero-order valence-electron chi connectivity index (χ0n) is 28.6. The molecule has 242 valence electrons. The van der Waals surface area contributed by atoms with Gasteiger partial charge in [0.2, 0.25) is 0 Å². The number of hydrogen-bond donors (Lipinski definition) is 0. The normalized spacial score (nSPS) is 16.0. The van der Waals surface area contributed by atoms with Crippen LogP contribution in [-0.4, -0.2) is 11.0 Å². The Kier molecular flexibility index (Phi) is 8.76. The second kappa shape index (κ2) is 13.9. The van der Waals surface area contributed by atoms with Gasteiger partial charge in [-0.15, -0.1) is 0 Å². The third kappa shape index (κ3) is 6.45. The van der Waals surface area contributed by atoms with E-state index < -0.39 is 0 Å². The van der Waals surface area contributed by atoms with Gasteiger partial charge in [-0.3, -0.25) is 9.98 Å². The van der Waals surface area contributed by atoms with Gasteiger partial charge < -0.3 is 0 Å². The van der Waals surface area contributed by atoms with Gasteiger partial charge in [0.05, 0.1) is 11.4 Å². The minimum atomic E-state index is 0.124. The summed E-state index contributed by atoms with van der Waals surface area (Å²) in [4.78, 5) is 9.92. The van der Waals surface area contributed by atoms with Crippen molar-refractivity contribution >= 4 is 6.08 Å². The lowest BCUT2D eigenvalue weighted by molar-refractivity contribution is 0.413. The maximum Gasteiger partial charge on any atom is 0.0725 e. The average molecular weight is 645 g/mol. The summed E-state index contributed by atoms with van der Waals surface area (Å²) in [5, 5.41) is 2.30. The molecule has 6 aromatic carbocycles. The number of fused-ring (bicyclic) bond motifs is 1. The lowest BCUT2D eigenvalue weighted by atomic mass is 9.84. The van der Waals surface area contributed by atoms with Crippen molar-refractivity contribution in [3.8, 4) is 55.6 Å². The highest BCUT2D eigenvalue weighted by molar-refractivity contribution is 5.77. The van der Waals surface area contributed by atoms with E-state index in [9.17, 15) is 0 Å². The van der Waals surface area contributed by atoms with Crippen LogP contribution in [0.15, 0.2) is 175 Å². The van der Waals surface area contributed by atoms with Crippen LogP contribution in [0.3, 0.4) is 0 Å². The highest BCUT2D eigenvalue weighted by Crippen LogP contribution is 2.33. The van der Waals surface area contributed by atoms with Gasteiger partial charge in [0.1, 0.15) is 0 Å². The summed E-state index contributed by atoms with van der Waals surface area (Å²) in [6, 6.07) is 57.1. The van der Waals surface area contributed by atoms with Crippen LogP contribution in [0.4, 0.5) is 0 Å². The van der Waals surface area contributed by atoms with Crippen molar-refractivity contribution in [3.63, 3.8) is 0 Å². The Bertz CT molecular complexity index is 2350. The van der Waals surface area contributed by atoms with E-state index in [4.69, 9.17) is 4.99 Å². The summed E-state index contributed by atoms with van der Waals surface area (Å²) in [5.74, 6) is 0.619. The Morgan fingerprint density at radius 1 is 0.500 bits per heavy atom.